The Hall–Kier alpha value is -3.06. The summed E-state index contributed by atoms with van der Waals surface area (Å²) >= 11 is 0. The molecular formula is C25H23NO. The smallest absolute Gasteiger partial charge is 0.0881 e. The molecule has 27 heavy (non-hydrogen) atoms. The summed E-state index contributed by atoms with van der Waals surface area (Å²) < 4.78 is 5.57. The molecule has 0 aromatic heterocycles. The molecule has 0 atom stereocenters. The second-order valence-corrected chi connectivity index (χ2v) is 6.55. The molecule has 3 aromatic rings. The molecule has 2 heteroatoms. The fraction of sp³-hybridized carbons (Fsp3) is 0.160. The van der Waals surface area contributed by atoms with E-state index in [-0.39, 0.29) is 0 Å². The molecule has 1 fully saturated rings. The third-order valence-corrected chi connectivity index (χ3v) is 4.74. The lowest BCUT2D eigenvalue weighted by molar-refractivity contribution is 0.0640. The van der Waals surface area contributed by atoms with Gasteiger partial charge >= 0.3 is 0 Å². The summed E-state index contributed by atoms with van der Waals surface area (Å²) in [6.07, 6.45) is 0. The first-order valence-electron chi connectivity index (χ1n) is 9.42. The second-order valence-electron chi connectivity index (χ2n) is 6.55. The van der Waals surface area contributed by atoms with Gasteiger partial charge in [0.25, 0.3) is 0 Å². The molecule has 0 bridgehead atoms. The SMILES string of the molecule is C(=C(c1ccccc1)c1ccccc1)=C(c1ccccc1)N1CCOCC1. The van der Waals surface area contributed by atoms with Crippen LogP contribution in [0.15, 0.2) is 96.7 Å². The maximum absolute atomic E-state index is 5.57. The monoisotopic (exact) mass is 353 g/mol. The van der Waals surface area contributed by atoms with Gasteiger partial charge in [-0.05, 0) is 11.1 Å². The number of hydrogen-bond acceptors (Lipinski definition) is 2. The van der Waals surface area contributed by atoms with Gasteiger partial charge in [-0.2, -0.15) is 0 Å². The first kappa shape index (κ1) is 17.4. The molecule has 0 unspecified atom stereocenters. The minimum atomic E-state index is 0.754. The van der Waals surface area contributed by atoms with E-state index in [1.54, 1.807) is 0 Å². The number of hydrogen-bond donors (Lipinski definition) is 0. The molecule has 134 valence electrons. The van der Waals surface area contributed by atoms with Gasteiger partial charge in [0, 0.05) is 24.2 Å². The number of ether oxygens (including phenoxy) is 1. The Kier molecular flexibility index (Phi) is 5.50. The average molecular weight is 353 g/mol. The highest BCUT2D eigenvalue weighted by atomic mass is 16.5. The fourth-order valence-electron chi connectivity index (χ4n) is 3.36. The number of nitrogens with zero attached hydrogens (tertiary/aromatic N) is 1. The molecule has 2 nitrogen and oxygen atoms in total. The van der Waals surface area contributed by atoms with Crippen molar-refractivity contribution in [1.29, 1.82) is 0 Å². The minimum absolute atomic E-state index is 0.754. The van der Waals surface area contributed by atoms with Crippen LogP contribution in [0.4, 0.5) is 0 Å². The van der Waals surface area contributed by atoms with Gasteiger partial charge < -0.3 is 9.64 Å². The molecule has 0 saturated carbocycles. The summed E-state index contributed by atoms with van der Waals surface area (Å²) in [4.78, 5) is 2.38. The van der Waals surface area contributed by atoms with E-state index in [0.717, 1.165) is 37.6 Å². The van der Waals surface area contributed by atoms with E-state index in [1.807, 2.05) is 0 Å². The van der Waals surface area contributed by atoms with Crippen molar-refractivity contribution in [2.45, 2.75) is 0 Å². The lowest BCUT2D eigenvalue weighted by atomic mass is 9.97. The minimum Gasteiger partial charge on any atom is -0.378 e. The molecule has 3 aromatic carbocycles. The number of morpholine rings is 1. The van der Waals surface area contributed by atoms with Crippen LogP contribution in [0.5, 0.6) is 0 Å². The predicted octanol–water partition coefficient (Wildman–Crippen LogP) is 5.09. The molecular weight excluding hydrogens is 330 g/mol. The average Bonchev–Trinajstić information content (AvgIpc) is 2.77. The van der Waals surface area contributed by atoms with E-state index in [1.165, 1.54) is 16.7 Å². The number of rotatable bonds is 4. The van der Waals surface area contributed by atoms with Gasteiger partial charge in [-0.1, -0.05) is 96.7 Å². The van der Waals surface area contributed by atoms with Crippen LogP contribution >= 0.6 is 0 Å². The van der Waals surface area contributed by atoms with Crippen molar-refractivity contribution >= 4 is 11.3 Å². The lowest BCUT2D eigenvalue weighted by Crippen LogP contribution is -2.34. The zero-order valence-electron chi connectivity index (χ0n) is 15.3. The van der Waals surface area contributed by atoms with Gasteiger partial charge in [0.05, 0.1) is 18.9 Å². The van der Waals surface area contributed by atoms with Crippen molar-refractivity contribution in [3.63, 3.8) is 0 Å². The topological polar surface area (TPSA) is 12.5 Å². The Morgan fingerprint density at radius 2 is 1.07 bits per heavy atom. The van der Waals surface area contributed by atoms with E-state index < -0.39 is 0 Å². The summed E-state index contributed by atoms with van der Waals surface area (Å²) in [6, 6.07) is 31.6. The quantitative estimate of drug-likeness (QED) is 0.606. The van der Waals surface area contributed by atoms with Crippen molar-refractivity contribution in [3.05, 3.63) is 113 Å². The van der Waals surface area contributed by atoms with Gasteiger partial charge in [0.15, 0.2) is 0 Å². The molecule has 0 spiro atoms. The van der Waals surface area contributed by atoms with Crippen LogP contribution in [0.3, 0.4) is 0 Å². The highest BCUT2D eigenvalue weighted by molar-refractivity contribution is 5.83. The Labute approximate surface area is 161 Å². The van der Waals surface area contributed by atoms with Crippen LogP contribution in [0.1, 0.15) is 16.7 Å². The summed E-state index contributed by atoms with van der Waals surface area (Å²) in [6.45, 7) is 3.27. The summed E-state index contributed by atoms with van der Waals surface area (Å²) in [5.41, 5.74) is 9.54. The molecule has 0 radical (unpaired) electrons. The fourth-order valence-corrected chi connectivity index (χ4v) is 3.36. The van der Waals surface area contributed by atoms with Crippen LogP contribution < -0.4 is 0 Å². The highest BCUT2D eigenvalue weighted by Crippen LogP contribution is 2.26. The van der Waals surface area contributed by atoms with Crippen molar-refractivity contribution in [1.82, 2.24) is 4.90 Å². The van der Waals surface area contributed by atoms with Gasteiger partial charge in [-0.15, -0.1) is 0 Å². The molecule has 4 rings (SSSR count). The van der Waals surface area contributed by atoms with Crippen LogP contribution in [0.25, 0.3) is 11.3 Å². The Morgan fingerprint density at radius 1 is 0.630 bits per heavy atom. The third kappa shape index (κ3) is 4.20. The molecule has 0 amide bonds. The Morgan fingerprint density at radius 3 is 1.56 bits per heavy atom. The Bertz CT molecular complexity index is 878. The highest BCUT2D eigenvalue weighted by Gasteiger charge is 2.16. The Balaban J connectivity index is 1.95. The molecule has 0 N–H and O–H groups in total. The lowest BCUT2D eigenvalue weighted by Gasteiger charge is -2.30. The van der Waals surface area contributed by atoms with E-state index >= 15 is 0 Å². The van der Waals surface area contributed by atoms with E-state index in [4.69, 9.17) is 4.74 Å². The standard InChI is InChI=1S/C25H23NO/c1-4-10-21(11-5-1)24(22-12-6-2-7-13-22)20-25(23-14-8-3-9-15-23)26-16-18-27-19-17-26/h1-15H,16-19H2. The molecule has 1 aliphatic heterocycles. The van der Waals surface area contributed by atoms with Crippen LogP contribution in [0, 0.1) is 0 Å². The summed E-state index contributed by atoms with van der Waals surface area (Å²) in [5.74, 6) is 0. The van der Waals surface area contributed by atoms with Gasteiger partial charge in [0.1, 0.15) is 0 Å². The van der Waals surface area contributed by atoms with Crippen molar-refractivity contribution < 1.29 is 4.74 Å². The maximum atomic E-state index is 5.57. The van der Waals surface area contributed by atoms with Crippen LogP contribution in [-0.2, 0) is 4.74 Å². The zero-order chi connectivity index (χ0) is 18.3. The number of benzene rings is 3. The van der Waals surface area contributed by atoms with Gasteiger partial charge in [0.2, 0.25) is 0 Å². The molecule has 1 saturated heterocycles. The van der Waals surface area contributed by atoms with E-state index in [9.17, 15) is 0 Å². The van der Waals surface area contributed by atoms with Crippen molar-refractivity contribution in [2.75, 3.05) is 26.3 Å². The summed E-state index contributed by atoms with van der Waals surface area (Å²) in [7, 11) is 0. The van der Waals surface area contributed by atoms with Gasteiger partial charge in [-0.25, -0.2) is 0 Å². The first-order valence-corrected chi connectivity index (χ1v) is 9.42. The second kappa shape index (κ2) is 8.55. The zero-order valence-corrected chi connectivity index (χ0v) is 15.3. The molecule has 1 heterocycles. The maximum Gasteiger partial charge on any atom is 0.0881 e. The van der Waals surface area contributed by atoms with E-state index in [0.29, 0.717) is 0 Å². The molecule has 1 aliphatic rings. The van der Waals surface area contributed by atoms with Gasteiger partial charge in [-0.3, -0.25) is 0 Å². The molecule has 0 aliphatic carbocycles. The first-order chi connectivity index (χ1) is 13.4. The predicted molar refractivity (Wildman–Crippen MR) is 111 cm³/mol. The summed E-state index contributed by atoms with van der Waals surface area (Å²) in [5, 5.41) is 0. The van der Waals surface area contributed by atoms with Crippen molar-refractivity contribution in [3.8, 4) is 0 Å². The van der Waals surface area contributed by atoms with E-state index in [2.05, 4.69) is 102 Å². The third-order valence-electron chi connectivity index (χ3n) is 4.74. The van der Waals surface area contributed by atoms with Crippen molar-refractivity contribution in [2.24, 2.45) is 0 Å². The van der Waals surface area contributed by atoms with Crippen LogP contribution in [-0.4, -0.2) is 31.2 Å². The van der Waals surface area contributed by atoms with Crippen LogP contribution in [0.2, 0.25) is 0 Å². The largest absolute Gasteiger partial charge is 0.378 e. The normalized spacial score (nSPS) is 13.7.